The molecule has 1 aliphatic rings. The van der Waals surface area contributed by atoms with Gasteiger partial charge in [-0.3, -0.25) is 9.69 Å². The molecular weight excluding hydrogens is 312 g/mol. The molecule has 0 aliphatic carbocycles. The van der Waals surface area contributed by atoms with E-state index in [1.54, 1.807) is 11.8 Å². The van der Waals surface area contributed by atoms with Gasteiger partial charge in [0, 0.05) is 22.4 Å². The lowest BCUT2D eigenvalue weighted by Crippen LogP contribution is -2.39. The highest BCUT2D eigenvalue weighted by Crippen LogP contribution is 2.32. The topological polar surface area (TPSA) is 32.3 Å². The molecule has 116 valence electrons. The molecular formula is C17H20N2OS2. The van der Waals surface area contributed by atoms with E-state index in [1.165, 1.54) is 10.4 Å². The van der Waals surface area contributed by atoms with Gasteiger partial charge in [-0.05, 0) is 48.7 Å². The van der Waals surface area contributed by atoms with Crippen molar-refractivity contribution in [1.82, 2.24) is 4.90 Å². The molecule has 2 aromatic rings. The number of thiophene rings is 1. The first-order chi connectivity index (χ1) is 10.7. The van der Waals surface area contributed by atoms with E-state index in [2.05, 4.69) is 28.6 Å². The zero-order valence-corrected chi connectivity index (χ0v) is 14.5. The maximum atomic E-state index is 12.4. The van der Waals surface area contributed by atoms with E-state index in [0.29, 0.717) is 12.6 Å². The molecule has 0 saturated carbocycles. The Hall–Kier alpha value is -1.30. The van der Waals surface area contributed by atoms with E-state index in [-0.39, 0.29) is 5.91 Å². The number of thioether (sulfide) groups is 1. The number of para-hydroxylation sites is 1. The van der Waals surface area contributed by atoms with Crippen molar-refractivity contribution < 1.29 is 4.79 Å². The van der Waals surface area contributed by atoms with Crippen molar-refractivity contribution in [3.05, 3.63) is 46.2 Å². The normalized spacial score (nSPS) is 18.0. The van der Waals surface area contributed by atoms with Crippen LogP contribution in [-0.2, 0) is 11.2 Å². The van der Waals surface area contributed by atoms with Gasteiger partial charge in [-0.2, -0.15) is 0 Å². The van der Waals surface area contributed by atoms with E-state index in [4.69, 9.17) is 0 Å². The summed E-state index contributed by atoms with van der Waals surface area (Å²) in [5.74, 6) is 0.0621. The van der Waals surface area contributed by atoms with Gasteiger partial charge >= 0.3 is 0 Å². The number of carbonyl (C=O) groups is 1. The number of carbonyl (C=O) groups excluding carboxylic acids is 1. The summed E-state index contributed by atoms with van der Waals surface area (Å²) in [4.78, 5) is 17.2. The Labute approximate surface area is 139 Å². The van der Waals surface area contributed by atoms with Gasteiger partial charge in [0.1, 0.15) is 0 Å². The summed E-state index contributed by atoms with van der Waals surface area (Å²) in [5, 5.41) is 5.20. The van der Waals surface area contributed by atoms with Gasteiger partial charge in [0.2, 0.25) is 5.91 Å². The number of hydrogen-bond acceptors (Lipinski definition) is 4. The van der Waals surface area contributed by atoms with Crippen LogP contribution in [0.15, 0.2) is 40.6 Å². The molecule has 2 heterocycles. The number of nitrogens with zero attached hydrogens (tertiary/aromatic N) is 1. The SMILES string of the molecule is CSc1ccccc1NC(=O)CN1CCc2sccc2[C@@H]1C. The zero-order valence-electron chi connectivity index (χ0n) is 12.8. The fourth-order valence-electron chi connectivity index (χ4n) is 2.90. The van der Waals surface area contributed by atoms with Crippen LogP contribution in [0.3, 0.4) is 0 Å². The van der Waals surface area contributed by atoms with E-state index in [1.807, 2.05) is 41.9 Å². The maximum Gasteiger partial charge on any atom is 0.238 e. The Morgan fingerprint density at radius 2 is 2.23 bits per heavy atom. The van der Waals surface area contributed by atoms with Gasteiger partial charge in [-0.1, -0.05) is 12.1 Å². The number of fused-ring (bicyclic) bond motifs is 1. The third-order valence-electron chi connectivity index (χ3n) is 4.13. The van der Waals surface area contributed by atoms with Crippen molar-refractivity contribution in [2.24, 2.45) is 0 Å². The molecule has 0 bridgehead atoms. The second-order valence-electron chi connectivity index (χ2n) is 5.44. The number of anilines is 1. The molecule has 1 aliphatic heterocycles. The summed E-state index contributed by atoms with van der Waals surface area (Å²) < 4.78 is 0. The lowest BCUT2D eigenvalue weighted by Gasteiger charge is -2.32. The quantitative estimate of drug-likeness (QED) is 0.858. The van der Waals surface area contributed by atoms with Gasteiger partial charge < -0.3 is 5.32 Å². The zero-order chi connectivity index (χ0) is 15.5. The molecule has 3 rings (SSSR count). The monoisotopic (exact) mass is 332 g/mol. The van der Waals surface area contributed by atoms with Crippen LogP contribution in [0.1, 0.15) is 23.4 Å². The molecule has 0 unspecified atom stereocenters. The molecule has 0 saturated heterocycles. The Balaban J connectivity index is 1.65. The molecule has 0 fully saturated rings. The lowest BCUT2D eigenvalue weighted by atomic mass is 10.0. The smallest absolute Gasteiger partial charge is 0.238 e. The first kappa shape index (κ1) is 15.6. The fraction of sp³-hybridized carbons (Fsp3) is 0.353. The average Bonchev–Trinajstić information content (AvgIpc) is 3.00. The first-order valence-corrected chi connectivity index (χ1v) is 9.52. The van der Waals surface area contributed by atoms with E-state index >= 15 is 0 Å². The molecule has 0 radical (unpaired) electrons. The van der Waals surface area contributed by atoms with E-state index in [0.717, 1.165) is 23.5 Å². The summed E-state index contributed by atoms with van der Waals surface area (Å²) in [5.41, 5.74) is 2.29. The summed E-state index contributed by atoms with van der Waals surface area (Å²) in [6, 6.07) is 10.4. The average molecular weight is 332 g/mol. The van der Waals surface area contributed by atoms with Crippen molar-refractivity contribution in [3.63, 3.8) is 0 Å². The van der Waals surface area contributed by atoms with Gasteiger partial charge in [0.05, 0.1) is 12.2 Å². The van der Waals surface area contributed by atoms with E-state index < -0.39 is 0 Å². The minimum atomic E-state index is 0.0621. The van der Waals surface area contributed by atoms with Crippen LogP contribution < -0.4 is 5.32 Å². The highest BCUT2D eigenvalue weighted by molar-refractivity contribution is 7.98. The van der Waals surface area contributed by atoms with Gasteiger partial charge in [-0.15, -0.1) is 23.1 Å². The number of benzene rings is 1. The first-order valence-electron chi connectivity index (χ1n) is 7.42. The van der Waals surface area contributed by atoms with E-state index in [9.17, 15) is 4.79 Å². The van der Waals surface area contributed by atoms with Crippen molar-refractivity contribution in [3.8, 4) is 0 Å². The summed E-state index contributed by atoms with van der Waals surface area (Å²) >= 11 is 3.48. The molecule has 1 aromatic heterocycles. The summed E-state index contributed by atoms with van der Waals surface area (Å²) in [6.45, 7) is 3.58. The predicted molar refractivity (Wildman–Crippen MR) is 94.9 cm³/mol. The Morgan fingerprint density at radius 1 is 1.41 bits per heavy atom. The van der Waals surface area contributed by atoms with Crippen LogP contribution >= 0.6 is 23.1 Å². The molecule has 5 heteroatoms. The molecule has 1 amide bonds. The lowest BCUT2D eigenvalue weighted by molar-refractivity contribution is -0.117. The number of hydrogen-bond donors (Lipinski definition) is 1. The van der Waals surface area contributed by atoms with Gasteiger partial charge in [0.15, 0.2) is 0 Å². The molecule has 1 atom stereocenters. The van der Waals surface area contributed by atoms with Crippen molar-refractivity contribution in [2.75, 3.05) is 24.7 Å². The summed E-state index contributed by atoms with van der Waals surface area (Å²) in [6.07, 6.45) is 3.07. The third-order valence-corrected chi connectivity index (χ3v) is 5.92. The van der Waals surface area contributed by atoms with Crippen LogP contribution in [-0.4, -0.2) is 30.2 Å². The van der Waals surface area contributed by atoms with Crippen LogP contribution in [0.4, 0.5) is 5.69 Å². The minimum absolute atomic E-state index is 0.0621. The predicted octanol–water partition coefficient (Wildman–Crippen LogP) is 4.03. The maximum absolute atomic E-state index is 12.4. The number of amides is 1. The van der Waals surface area contributed by atoms with Crippen LogP contribution in [0.25, 0.3) is 0 Å². The number of rotatable bonds is 4. The van der Waals surface area contributed by atoms with Gasteiger partial charge in [-0.25, -0.2) is 0 Å². The highest BCUT2D eigenvalue weighted by atomic mass is 32.2. The molecule has 0 spiro atoms. The number of nitrogens with one attached hydrogen (secondary N) is 1. The van der Waals surface area contributed by atoms with Crippen LogP contribution in [0, 0.1) is 0 Å². The fourth-order valence-corrected chi connectivity index (χ4v) is 4.42. The van der Waals surface area contributed by atoms with Gasteiger partial charge in [0.25, 0.3) is 0 Å². The Kier molecular flexibility index (Phi) is 4.86. The molecule has 1 N–H and O–H groups in total. The molecule has 22 heavy (non-hydrogen) atoms. The minimum Gasteiger partial charge on any atom is -0.324 e. The van der Waals surface area contributed by atoms with Crippen molar-refractivity contribution in [2.45, 2.75) is 24.3 Å². The molecule has 3 nitrogen and oxygen atoms in total. The largest absolute Gasteiger partial charge is 0.324 e. The van der Waals surface area contributed by atoms with Crippen molar-refractivity contribution >= 4 is 34.7 Å². The summed E-state index contributed by atoms with van der Waals surface area (Å²) in [7, 11) is 0. The molecule has 1 aromatic carbocycles. The third kappa shape index (κ3) is 3.21. The Morgan fingerprint density at radius 3 is 3.05 bits per heavy atom. The highest BCUT2D eigenvalue weighted by Gasteiger charge is 2.26. The Bertz CT molecular complexity index is 668. The van der Waals surface area contributed by atoms with Crippen LogP contribution in [0.2, 0.25) is 0 Å². The van der Waals surface area contributed by atoms with Crippen LogP contribution in [0.5, 0.6) is 0 Å². The standard InChI is InChI=1S/C17H20N2OS2/c1-12-13-8-10-22-15(13)7-9-19(12)11-17(20)18-14-5-3-4-6-16(14)21-2/h3-6,8,10,12H,7,9,11H2,1-2H3,(H,18,20)/t12-/m0/s1. The van der Waals surface area contributed by atoms with Crippen molar-refractivity contribution in [1.29, 1.82) is 0 Å². The second kappa shape index (κ2) is 6.86. The second-order valence-corrected chi connectivity index (χ2v) is 7.29.